The van der Waals surface area contributed by atoms with Crippen molar-refractivity contribution >= 4 is 10.9 Å². The minimum absolute atomic E-state index is 0.00802. The Bertz CT molecular complexity index is 1320. The van der Waals surface area contributed by atoms with Gasteiger partial charge in [0, 0.05) is 18.2 Å². The summed E-state index contributed by atoms with van der Waals surface area (Å²) in [6.45, 7) is 5.44. The lowest BCUT2D eigenvalue weighted by Crippen LogP contribution is -2.41. The quantitative estimate of drug-likeness (QED) is 0.385. The van der Waals surface area contributed by atoms with Gasteiger partial charge in [-0.25, -0.2) is 4.68 Å². The number of nitrogens with one attached hydrogen (secondary N) is 1. The molecule has 0 amide bonds. The number of para-hydroxylation sites is 1. The van der Waals surface area contributed by atoms with Gasteiger partial charge in [-0.15, -0.1) is 5.10 Å². The summed E-state index contributed by atoms with van der Waals surface area (Å²) in [5, 5.41) is 14.0. The third-order valence-electron chi connectivity index (χ3n) is 7.38. The minimum Gasteiger partial charge on any atom is -0.321 e. The Hall–Kier alpha value is -3.32. The van der Waals surface area contributed by atoms with Crippen LogP contribution in [0.25, 0.3) is 10.9 Å². The van der Waals surface area contributed by atoms with E-state index in [1.165, 1.54) is 24.8 Å². The molecule has 0 radical (unpaired) electrons. The summed E-state index contributed by atoms with van der Waals surface area (Å²) in [7, 11) is 0. The Morgan fingerprint density at radius 2 is 1.89 bits per heavy atom. The zero-order valence-electron chi connectivity index (χ0n) is 20.7. The minimum atomic E-state index is -0.00802. The second kappa shape index (κ2) is 10.5. The number of fused-ring (bicyclic) bond motifs is 1. The third-order valence-corrected chi connectivity index (χ3v) is 7.38. The zero-order chi connectivity index (χ0) is 24.2. The fourth-order valence-electron chi connectivity index (χ4n) is 5.53. The molecule has 0 aliphatic heterocycles. The smallest absolute Gasteiger partial charge is 0.252 e. The fourth-order valence-corrected chi connectivity index (χ4v) is 5.53. The monoisotopic (exact) mass is 470 g/mol. The highest BCUT2D eigenvalue weighted by molar-refractivity contribution is 5.81. The molecule has 1 N–H and O–H groups in total. The first-order valence-corrected chi connectivity index (χ1v) is 12.8. The molecule has 1 atom stereocenters. The lowest BCUT2D eigenvalue weighted by atomic mass is 9.92. The van der Waals surface area contributed by atoms with Crippen molar-refractivity contribution < 1.29 is 0 Å². The van der Waals surface area contributed by atoms with Crippen molar-refractivity contribution in [2.75, 3.05) is 0 Å². The maximum Gasteiger partial charge on any atom is 0.252 e. The molecule has 0 bridgehead atoms. The molecule has 182 valence electrons. The number of benzene rings is 2. The standard InChI is InChI=1S/C28H34N6O/c1-3-25(27-30-31-32-34(27)18-21-12-6-4-7-13-21)33(24-15-8-5-9-16-24)19-23-17-22-14-10-11-20(2)26(22)29-28(23)35/h4,6-7,10-14,17,24-25H,3,5,8-9,15-16,18-19H2,1-2H3,(H,29,35)/t25-/m1/s1. The Morgan fingerprint density at radius 1 is 1.09 bits per heavy atom. The Kier molecular flexibility index (Phi) is 7.04. The normalized spacial score (nSPS) is 15.6. The zero-order valence-corrected chi connectivity index (χ0v) is 20.7. The van der Waals surface area contributed by atoms with Crippen LogP contribution >= 0.6 is 0 Å². The van der Waals surface area contributed by atoms with E-state index in [-0.39, 0.29) is 11.6 Å². The molecule has 7 heteroatoms. The van der Waals surface area contributed by atoms with Crippen LogP contribution in [-0.4, -0.2) is 36.1 Å². The van der Waals surface area contributed by atoms with Gasteiger partial charge < -0.3 is 4.98 Å². The molecule has 2 aromatic carbocycles. The first-order chi connectivity index (χ1) is 17.1. The second-order valence-electron chi connectivity index (χ2n) is 9.73. The molecule has 4 aromatic rings. The van der Waals surface area contributed by atoms with Crippen LogP contribution in [0.2, 0.25) is 0 Å². The van der Waals surface area contributed by atoms with Crippen LogP contribution in [0.4, 0.5) is 0 Å². The number of aromatic nitrogens is 5. The molecular weight excluding hydrogens is 436 g/mol. The SMILES string of the molecule is CC[C@H](c1nnnn1Cc1ccccc1)N(Cc1cc2cccc(C)c2[nH]c1=O)C1CCCCC1. The van der Waals surface area contributed by atoms with Gasteiger partial charge in [-0.2, -0.15) is 0 Å². The lowest BCUT2D eigenvalue weighted by Gasteiger charge is -2.39. The highest BCUT2D eigenvalue weighted by Crippen LogP contribution is 2.33. The number of tetrazole rings is 1. The van der Waals surface area contributed by atoms with E-state index in [1.54, 1.807) is 0 Å². The Morgan fingerprint density at radius 3 is 2.66 bits per heavy atom. The molecule has 0 saturated heterocycles. The van der Waals surface area contributed by atoms with Crippen molar-refractivity contribution in [2.24, 2.45) is 0 Å². The number of aromatic amines is 1. The number of aryl methyl sites for hydroxylation is 1. The third kappa shape index (κ3) is 5.05. The summed E-state index contributed by atoms with van der Waals surface area (Å²) >= 11 is 0. The van der Waals surface area contributed by atoms with Gasteiger partial charge >= 0.3 is 0 Å². The lowest BCUT2D eigenvalue weighted by molar-refractivity contribution is 0.0844. The largest absolute Gasteiger partial charge is 0.321 e. The van der Waals surface area contributed by atoms with E-state index in [9.17, 15) is 4.79 Å². The van der Waals surface area contributed by atoms with Crippen molar-refractivity contribution in [1.82, 2.24) is 30.1 Å². The maximum atomic E-state index is 13.2. The summed E-state index contributed by atoms with van der Waals surface area (Å²) in [6.07, 6.45) is 6.88. The van der Waals surface area contributed by atoms with Gasteiger partial charge in [0.05, 0.1) is 18.1 Å². The molecule has 0 unspecified atom stereocenters. The van der Waals surface area contributed by atoms with E-state index < -0.39 is 0 Å². The number of rotatable bonds is 8. The molecule has 2 heterocycles. The van der Waals surface area contributed by atoms with Gasteiger partial charge in [-0.3, -0.25) is 9.69 Å². The van der Waals surface area contributed by atoms with Crippen LogP contribution in [0, 0.1) is 6.92 Å². The molecule has 1 fully saturated rings. The molecule has 5 rings (SSSR count). The van der Waals surface area contributed by atoms with Crippen LogP contribution in [0.15, 0.2) is 59.4 Å². The van der Waals surface area contributed by atoms with Crippen LogP contribution in [0.5, 0.6) is 0 Å². The summed E-state index contributed by atoms with van der Waals surface area (Å²) in [6, 6.07) is 19.0. The van der Waals surface area contributed by atoms with Gasteiger partial charge in [-0.1, -0.05) is 74.7 Å². The maximum absolute atomic E-state index is 13.2. The van der Waals surface area contributed by atoms with Crippen LogP contribution in [-0.2, 0) is 13.1 Å². The fraction of sp³-hybridized carbons (Fsp3) is 0.429. The van der Waals surface area contributed by atoms with E-state index in [0.29, 0.717) is 19.1 Å². The summed E-state index contributed by atoms with van der Waals surface area (Å²) in [5.74, 6) is 0.870. The number of hydrogen-bond donors (Lipinski definition) is 1. The van der Waals surface area contributed by atoms with Crippen molar-refractivity contribution in [1.29, 1.82) is 0 Å². The number of H-pyrrole nitrogens is 1. The molecule has 35 heavy (non-hydrogen) atoms. The predicted molar refractivity (Wildman–Crippen MR) is 138 cm³/mol. The van der Waals surface area contributed by atoms with Crippen LogP contribution in [0.3, 0.4) is 0 Å². The van der Waals surface area contributed by atoms with Crippen molar-refractivity contribution in [3.63, 3.8) is 0 Å². The second-order valence-corrected chi connectivity index (χ2v) is 9.73. The molecule has 1 saturated carbocycles. The highest BCUT2D eigenvalue weighted by atomic mass is 16.1. The summed E-state index contributed by atoms with van der Waals surface area (Å²) < 4.78 is 1.92. The molecule has 0 spiro atoms. The topological polar surface area (TPSA) is 79.7 Å². The first kappa shape index (κ1) is 23.4. The van der Waals surface area contributed by atoms with Gasteiger partial charge in [0.15, 0.2) is 5.82 Å². The molecule has 7 nitrogen and oxygen atoms in total. The number of hydrogen-bond acceptors (Lipinski definition) is 5. The highest BCUT2D eigenvalue weighted by Gasteiger charge is 2.32. The Balaban J connectivity index is 1.51. The van der Waals surface area contributed by atoms with E-state index in [2.05, 4.69) is 56.6 Å². The van der Waals surface area contributed by atoms with E-state index in [4.69, 9.17) is 0 Å². The van der Waals surface area contributed by atoms with E-state index in [0.717, 1.165) is 47.1 Å². The van der Waals surface area contributed by atoms with Gasteiger partial charge in [0.2, 0.25) is 0 Å². The summed E-state index contributed by atoms with van der Waals surface area (Å²) in [4.78, 5) is 18.8. The Labute approximate surface area is 206 Å². The van der Waals surface area contributed by atoms with E-state index >= 15 is 0 Å². The average molecular weight is 471 g/mol. The van der Waals surface area contributed by atoms with Gasteiger partial charge in [0.25, 0.3) is 5.56 Å². The van der Waals surface area contributed by atoms with E-state index in [1.807, 2.05) is 41.9 Å². The molecule has 2 aromatic heterocycles. The molecule has 1 aliphatic rings. The molecule has 1 aliphatic carbocycles. The molecular formula is C28H34N6O. The van der Waals surface area contributed by atoms with Gasteiger partial charge in [0.1, 0.15) is 0 Å². The van der Waals surface area contributed by atoms with Crippen LogP contribution in [0.1, 0.15) is 74.0 Å². The van der Waals surface area contributed by atoms with Crippen molar-refractivity contribution in [2.45, 2.75) is 77.5 Å². The summed E-state index contributed by atoms with van der Waals surface area (Å²) in [5.41, 5.74) is 3.97. The van der Waals surface area contributed by atoms with Crippen LogP contribution < -0.4 is 5.56 Å². The van der Waals surface area contributed by atoms with Crippen molar-refractivity contribution in [3.05, 3.63) is 87.5 Å². The first-order valence-electron chi connectivity index (χ1n) is 12.8. The van der Waals surface area contributed by atoms with Crippen molar-refractivity contribution in [3.8, 4) is 0 Å². The predicted octanol–water partition coefficient (Wildman–Crippen LogP) is 5.16. The number of nitrogens with zero attached hydrogens (tertiary/aromatic N) is 5. The average Bonchev–Trinajstić information content (AvgIpc) is 3.33. The number of pyridine rings is 1. The van der Waals surface area contributed by atoms with Gasteiger partial charge in [-0.05, 0) is 59.2 Å².